The van der Waals surface area contributed by atoms with Gasteiger partial charge in [0, 0.05) is 6.07 Å². The smallest absolute Gasteiger partial charge is 0.287 e. The van der Waals surface area contributed by atoms with Gasteiger partial charge < -0.3 is 9.47 Å². The van der Waals surface area contributed by atoms with Gasteiger partial charge in [-0.1, -0.05) is 29.8 Å². The van der Waals surface area contributed by atoms with E-state index in [2.05, 4.69) is 15.5 Å². The highest BCUT2D eigenvalue weighted by molar-refractivity contribution is 5.81. The average Bonchev–Trinajstić information content (AvgIpc) is 2.74. The number of methoxy groups -OCH3 is 1. The summed E-state index contributed by atoms with van der Waals surface area (Å²) in [5.74, 6) is 1.63. The maximum atomic E-state index is 10.6. The molecule has 0 aliphatic carbocycles. The third kappa shape index (κ3) is 5.52. The molecule has 1 aromatic heterocycles. The molecular formula is C21H20N4O4. The monoisotopic (exact) mass is 392 g/mol. The largest absolute Gasteiger partial charge is 0.493 e. The molecule has 29 heavy (non-hydrogen) atoms. The molecule has 0 aliphatic rings. The summed E-state index contributed by atoms with van der Waals surface area (Å²) in [5.41, 5.74) is 5.71. The van der Waals surface area contributed by atoms with Crippen LogP contribution in [0, 0.1) is 17.0 Å². The molecule has 0 radical (unpaired) electrons. The quantitative estimate of drug-likeness (QED) is 0.348. The van der Waals surface area contributed by atoms with E-state index in [0.717, 1.165) is 11.1 Å². The Kier molecular flexibility index (Phi) is 6.36. The lowest BCUT2D eigenvalue weighted by atomic mass is 10.2. The van der Waals surface area contributed by atoms with Gasteiger partial charge in [-0.05, 0) is 42.3 Å². The van der Waals surface area contributed by atoms with Crippen molar-refractivity contribution in [2.24, 2.45) is 5.10 Å². The number of aryl methyl sites for hydroxylation is 1. The molecule has 3 aromatic rings. The van der Waals surface area contributed by atoms with Crippen LogP contribution in [0.2, 0.25) is 0 Å². The van der Waals surface area contributed by atoms with Gasteiger partial charge in [-0.2, -0.15) is 5.10 Å². The van der Waals surface area contributed by atoms with E-state index in [1.165, 1.54) is 23.9 Å². The molecule has 0 saturated heterocycles. The minimum absolute atomic E-state index is 0.0782. The summed E-state index contributed by atoms with van der Waals surface area (Å²) in [4.78, 5) is 14.1. The molecule has 0 bridgehead atoms. The standard InChI is InChI=1S/C21H20N4O4/c1-15-3-5-16(6-4-15)14-29-19-9-7-17(11-20(19)28-2)12-23-24-21-10-8-18(13-22-21)25(26)27/h3-13H,14H2,1-2H3,(H,22,24)/b23-12+. The zero-order valence-electron chi connectivity index (χ0n) is 16.0. The first kappa shape index (κ1) is 19.8. The highest BCUT2D eigenvalue weighted by Gasteiger charge is 2.06. The van der Waals surface area contributed by atoms with Gasteiger partial charge in [0.05, 0.1) is 18.2 Å². The Morgan fingerprint density at radius 3 is 2.59 bits per heavy atom. The van der Waals surface area contributed by atoms with Crippen molar-refractivity contribution >= 4 is 17.7 Å². The number of hydrogen-bond donors (Lipinski definition) is 1. The van der Waals surface area contributed by atoms with Crippen molar-refractivity contribution in [1.29, 1.82) is 0 Å². The topological polar surface area (TPSA) is 98.9 Å². The Morgan fingerprint density at radius 2 is 1.93 bits per heavy atom. The number of hydrazone groups is 1. The van der Waals surface area contributed by atoms with Crippen LogP contribution < -0.4 is 14.9 Å². The van der Waals surface area contributed by atoms with Crippen LogP contribution in [-0.4, -0.2) is 23.2 Å². The van der Waals surface area contributed by atoms with E-state index < -0.39 is 4.92 Å². The van der Waals surface area contributed by atoms with Crippen molar-refractivity contribution in [1.82, 2.24) is 4.98 Å². The predicted octanol–water partition coefficient (Wildman–Crippen LogP) is 4.33. The Balaban J connectivity index is 1.62. The van der Waals surface area contributed by atoms with Crippen LogP contribution in [0.1, 0.15) is 16.7 Å². The van der Waals surface area contributed by atoms with E-state index in [-0.39, 0.29) is 5.69 Å². The van der Waals surface area contributed by atoms with E-state index in [0.29, 0.717) is 23.9 Å². The molecule has 0 unspecified atom stereocenters. The fourth-order valence-corrected chi connectivity index (χ4v) is 2.46. The average molecular weight is 392 g/mol. The van der Waals surface area contributed by atoms with Crippen molar-refractivity contribution in [3.8, 4) is 11.5 Å². The van der Waals surface area contributed by atoms with Gasteiger partial charge in [0.25, 0.3) is 5.69 Å². The predicted molar refractivity (Wildman–Crippen MR) is 111 cm³/mol. The van der Waals surface area contributed by atoms with Crippen LogP contribution in [0.25, 0.3) is 0 Å². The summed E-state index contributed by atoms with van der Waals surface area (Å²) >= 11 is 0. The number of nitrogens with one attached hydrogen (secondary N) is 1. The van der Waals surface area contributed by atoms with Crippen molar-refractivity contribution in [2.45, 2.75) is 13.5 Å². The van der Waals surface area contributed by atoms with E-state index >= 15 is 0 Å². The molecule has 148 valence electrons. The van der Waals surface area contributed by atoms with Crippen molar-refractivity contribution in [2.75, 3.05) is 12.5 Å². The molecule has 0 saturated carbocycles. The zero-order valence-corrected chi connectivity index (χ0v) is 16.0. The summed E-state index contributed by atoms with van der Waals surface area (Å²) in [6.07, 6.45) is 2.76. The van der Waals surface area contributed by atoms with Gasteiger partial charge in [0.1, 0.15) is 18.6 Å². The van der Waals surface area contributed by atoms with E-state index in [9.17, 15) is 10.1 Å². The minimum Gasteiger partial charge on any atom is -0.493 e. The van der Waals surface area contributed by atoms with Crippen LogP contribution in [0.5, 0.6) is 11.5 Å². The second kappa shape index (κ2) is 9.32. The van der Waals surface area contributed by atoms with Crippen LogP contribution in [-0.2, 0) is 6.61 Å². The number of aromatic nitrogens is 1. The fourth-order valence-electron chi connectivity index (χ4n) is 2.46. The summed E-state index contributed by atoms with van der Waals surface area (Å²) in [6, 6.07) is 16.5. The van der Waals surface area contributed by atoms with Crippen molar-refractivity contribution in [3.05, 3.63) is 87.6 Å². The highest BCUT2D eigenvalue weighted by Crippen LogP contribution is 2.28. The van der Waals surface area contributed by atoms with Gasteiger partial charge >= 0.3 is 0 Å². The molecule has 0 atom stereocenters. The number of nitrogens with zero attached hydrogens (tertiary/aromatic N) is 3. The van der Waals surface area contributed by atoms with Crippen LogP contribution in [0.3, 0.4) is 0 Å². The number of nitro groups is 1. The lowest BCUT2D eigenvalue weighted by Gasteiger charge is -2.11. The second-order valence-corrected chi connectivity index (χ2v) is 6.21. The zero-order chi connectivity index (χ0) is 20.6. The van der Waals surface area contributed by atoms with E-state index in [1.54, 1.807) is 19.4 Å². The SMILES string of the molecule is COc1cc(/C=N/Nc2ccc([N+](=O)[O-])cn2)ccc1OCc1ccc(C)cc1. The summed E-state index contributed by atoms with van der Waals surface area (Å²) in [7, 11) is 1.58. The van der Waals surface area contributed by atoms with E-state index in [4.69, 9.17) is 9.47 Å². The van der Waals surface area contributed by atoms with Crippen molar-refractivity contribution < 1.29 is 14.4 Å². The number of pyridine rings is 1. The molecule has 0 fully saturated rings. The van der Waals surface area contributed by atoms with E-state index in [1.807, 2.05) is 43.3 Å². The Labute approximate surface area is 168 Å². The lowest BCUT2D eigenvalue weighted by Crippen LogP contribution is -1.99. The van der Waals surface area contributed by atoms with Crippen LogP contribution >= 0.6 is 0 Å². The summed E-state index contributed by atoms with van der Waals surface area (Å²) in [6.45, 7) is 2.48. The third-order valence-corrected chi connectivity index (χ3v) is 4.05. The summed E-state index contributed by atoms with van der Waals surface area (Å²) in [5, 5.41) is 14.7. The minimum atomic E-state index is -0.505. The van der Waals surface area contributed by atoms with Crippen LogP contribution in [0.15, 0.2) is 65.9 Å². The maximum absolute atomic E-state index is 10.6. The molecular weight excluding hydrogens is 372 g/mol. The molecule has 0 amide bonds. The van der Waals surface area contributed by atoms with Crippen molar-refractivity contribution in [3.63, 3.8) is 0 Å². The Bertz CT molecular complexity index is 1000. The number of benzene rings is 2. The molecule has 0 aliphatic heterocycles. The van der Waals surface area contributed by atoms with Crippen LogP contribution in [0.4, 0.5) is 11.5 Å². The van der Waals surface area contributed by atoms with Gasteiger partial charge in [-0.15, -0.1) is 0 Å². The third-order valence-electron chi connectivity index (χ3n) is 4.05. The Morgan fingerprint density at radius 1 is 1.14 bits per heavy atom. The van der Waals surface area contributed by atoms with Gasteiger partial charge in [-0.25, -0.2) is 4.98 Å². The lowest BCUT2D eigenvalue weighted by molar-refractivity contribution is -0.385. The van der Waals surface area contributed by atoms with Gasteiger partial charge in [0.2, 0.25) is 0 Å². The number of hydrogen-bond acceptors (Lipinski definition) is 7. The molecule has 3 rings (SSSR count). The highest BCUT2D eigenvalue weighted by atomic mass is 16.6. The fraction of sp³-hybridized carbons (Fsp3) is 0.143. The van der Waals surface area contributed by atoms with Gasteiger partial charge in [-0.3, -0.25) is 15.5 Å². The first-order chi connectivity index (χ1) is 14.0. The summed E-state index contributed by atoms with van der Waals surface area (Å²) < 4.78 is 11.3. The molecule has 1 N–H and O–H groups in total. The molecule has 2 aromatic carbocycles. The first-order valence-corrected chi connectivity index (χ1v) is 8.81. The molecule has 8 heteroatoms. The number of rotatable bonds is 8. The molecule has 1 heterocycles. The normalized spacial score (nSPS) is 10.7. The molecule has 8 nitrogen and oxygen atoms in total. The maximum Gasteiger partial charge on any atom is 0.287 e. The van der Waals surface area contributed by atoms with Gasteiger partial charge in [0.15, 0.2) is 11.5 Å². The number of ether oxygens (including phenoxy) is 2. The Hall–Kier alpha value is -3.94. The molecule has 0 spiro atoms. The number of anilines is 1. The first-order valence-electron chi connectivity index (χ1n) is 8.81. The second-order valence-electron chi connectivity index (χ2n) is 6.21.